The highest BCUT2D eigenvalue weighted by atomic mass is 35.5. The van der Waals surface area contributed by atoms with Crippen LogP contribution in [0.5, 0.6) is 0 Å². The molecule has 4 rings (SSSR count). The average molecular weight is 317 g/mol. The van der Waals surface area contributed by atoms with Gasteiger partial charge in [-0.25, -0.2) is 4.99 Å². The topological polar surface area (TPSA) is 55.6 Å². The molecule has 3 aliphatic rings. The SMILES string of the molecule is CC1=NN2C(=NC1)c1ccc(Cl)cc1N=C2N1CCNCC1. The molecular weight excluding hydrogens is 300 g/mol. The lowest BCUT2D eigenvalue weighted by Gasteiger charge is -2.38. The first-order valence-electron chi connectivity index (χ1n) is 7.45. The third kappa shape index (κ3) is 2.28. The Hall–Kier alpha value is -1.92. The van der Waals surface area contributed by atoms with Gasteiger partial charge in [0.15, 0.2) is 5.84 Å². The molecule has 114 valence electrons. The lowest BCUT2D eigenvalue weighted by atomic mass is 10.1. The first-order valence-corrected chi connectivity index (χ1v) is 7.83. The van der Waals surface area contributed by atoms with Crippen molar-refractivity contribution in [1.82, 2.24) is 15.2 Å². The maximum atomic E-state index is 6.13. The van der Waals surface area contributed by atoms with Crippen LogP contribution in [0.25, 0.3) is 0 Å². The Labute approximate surface area is 134 Å². The van der Waals surface area contributed by atoms with Crippen molar-refractivity contribution in [1.29, 1.82) is 0 Å². The summed E-state index contributed by atoms with van der Waals surface area (Å²) in [4.78, 5) is 11.8. The maximum absolute atomic E-state index is 6.13. The van der Waals surface area contributed by atoms with Gasteiger partial charge >= 0.3 is 0 Å². The van der Waals surface area contributed by atoms with Crippen molar-refractivity contribution in [2.24, 2.45) is 15.1 Å². The van der Waals surface area contributed by atoms with E-state index in [0.717, 1.165) is 54.9 Å². The molecule has 0 aliphatic carbocycles. The number of hydrogen-bond acceptors (Lipinski definition) is 6. The minimum atomic E-state index is 0.628. The van der Waals surface area contributed by atoms with Crippen molar-refractivity contribution in [2.45, 2.75) is 6.92 Å². The van der Waals surface area contributed by atoms with E-state index in [1.54, 1.807) is 0 Å². The van der Waals surface area contributed by atoms with E-state index < -0.39 is 0 Å². The highest BCUT2D eigenvalue weighted by Gasteiger charge is 2.32. The van der Waals surface area contributed by atoms with Crippen molar-refractivity contribution in [3.05, 3.63) is 28.8 Å². The smallest absolute Gasteiger partial charge is 0.229 e. The van der Waals surface area contributed by atoms with Gasteiger partial charge in [0.05, 0.1) is 17.9 Å². The molecule has 0 radical (unpaired) electrons. The Kier molecular flexibility index (Phi) is 3.35. The molecule has 7 heteroatoms. The third-order valence-corrected chi connectivity index (χ3v) is 4.17. The predicted molar refractivity (Wildman–Crippen MR) is 89.3 cm³/mol. The van der Waals surface area contributed by atoms with Crippen LogP contribution < -0.4 is 5.32 Å². The van der Waals surface area contributed by atoms with Crippen LogP contribution in [0, 0.1) is 0 Å². The zero-order valence-corrected chi connectivity index (χ0v) is 13.1. The van der Waals surface area contributed by atoms with Gasteiger partial charge in [0.1, 0.15) is 0 Å². The van der Waals surface area contributed by atoms with Gasteiger partial charge in [-0.05, 0) is 25.1 Å². The molecule has 0 atom stereocenters. The standard InChI is InChI=1S/C15H17ClN6/c1-10-9-18-14-12-3-2-11(16)8-13(12)19-15(22(14)20-10)21-6-4-17-5-7-21/h2-3,8,17H,4-7,9H2,1H3. The first kappa shape index (κ1) is 13.7. The zero-order valence-electron chi connectivity index (χ0n) is 12.4. The number of nitrogens with zero attached hydrogens (tertiary/aromatic N) is 5. The summed E-state index contributed by atoms with van der Waals surface area (Å²) < 4.78 is 0. The van der Waals surface area contributed by atoms with Crippen LogP contribution in [0.15, 0.2) is 33.3 Å². The highest BCUT2D eigenvalue weighted by molar-refractivity contribution is 6.31. The minimum absolute atomic E-state index is 0.628. The van der Waals surface area contributed by atoms with Gasteiger partial charge in [0.2, 0.25) is 5.96 Å². The minimum Gasteiger partial charge on any atom is -0.338 e. The Balaban J connectivity index is 1.83. The number of rotatable bonds is 0. The molecule has 0 aromatic heterocycles. The number of piperazine rings is 1. The molecule has 3 aliphatic heterocycles. The predicted octanol–water partition coefficient (Wildman–Crippen LogP) is 1.68. The largest absolute Gasteiger partial charge is 0.338 e. The molecule has 1 aromatic carbocycles. The lowest BCUT2D eigenvalue weighted by Crippen LogP contribution is -2.54. The van der Waals surface area contributed by atoms with E-state index in [2.05, 4.69) is 15.3 Å². The van der Waals surface area contributed by atoms with Crippen LogP contribution in [0.3, 0.4) is 0 Å². The van der Waals surface area contributed by atoms with Gasteiger partial charge in [0, 0.05) is 36.8 Å². The number of amidine groups is 1. The van der Waals surface area contributed by atoms with Crippen LogP contribution in [-0.2, 0) is 0 Å². The summed E-state index contributed by atoms with van der Waals surface area (Å²) in [6.07, 6.45) is 0. The number of nitrogens with one attached hydrogen (secondary N) is 1. The van der Waals surface area contributed by atoms with Crippen molar-refractivity contribution in [3.8, 4) is 0 Å². The normalized spacial score (nSPS) is 20.7. The second-order valence-electron chi connectivity index (χ2n) is 5.60. The zero-order chi connectivity index (χ0) is 15.1. The second-order valence-corrected chi connectivity index (χ2v) is 6.03. The van der Waals surface area contributed by atoms with E-state index in [1.165, 1.54) is 0 Å². The van der Waals surface area contributed by atoms with Crippen LogP contribution >= 0.6 is 11.6 Å². The summed E-state index contributed by atoms with van der Waals surface area (Å²) in [5.74, 6) is 1.70. The van der Waals surface area contributed by atoms with Gasteiger partial charge in [-0.1, -0.05) is 11.6 Å². The summed E-state index contributed by atoms with van der Waals surface area (Å²) in [6, 6.07) is 5.74. The Bertz CT molecular complexity index is 702. The van der Waals surface area contributed by atoms with Gasteiger partial charge < -0.3 is 10.2 Å². The molecule has 0 saturated carbocycles. The second kappa shape index (κ2) is 5.37. The average Bonchev–Trinajstić information content (AvgIpc) is 2.54. The Morgan fingerprint density at radius 3 is 2.86 bits per heavy atom. The molecule has 3 heterocycles. The molecule has 0 spiro atoms. The molecule has 6 nitrogen and oxygen atoms in total. The molecule has 0 bridgehead atoms. The van der Waals surface area contributed by atoms with E-state index in [9.17, 15) is 0 Å². The fraction of sp³-hybridized carbons (Fsp3) is 0.400. The Morgan fingerprint density at radius 2 is 2.05 bits per heavy atom. The van der Waals surface area contributed by atoms with E-state index in [1.807, 2.05) is 30.1 Å². The van der Waals surface area contributed by atoms with Crippen LogP contribution in [0.1, 0.15) is 12.5 Å². The van der Waals surface area contributed by atoms with E-state index in [-0.39, 0.29) is 0 Å². The monoisotopic (exact) mass is 316 g/mol. The third-order valence-electron chi connectivity index (χ3n) is 3.94. The summed E-state index contributed by atoms with van der Waals surface area (Å²) in [5.41, 5.74) is 2.84. The van der Waals surface area contributed by atoms with Crippen LogP contribution in [0.4, 0.5) is 5.69 Å². The molecule has 0 unspecified atom stereocenters. The summed E-state index contributed by atoms with van der Waals surface area (Å²) in [5, 5.41) is 10.6. The van der Waals surface area contributed by atoms with Crippen LogP contribution in [0.2, 0.25) is 5.02 Å². The van der Waals surface area contributed by atoms with Gasteiger partial charge in [-0.15, -0.1) is 0 Å². The number of guanidine groups is 1. The van der Waals surface area contributed by atoms with E-state index in [0.29, 0.717) is 11.6 Å². The number of fused-ring (bicyclic) bond motifs is 3. The highest BCUT2D eigenvalue weighted by Crippen LogP contribution is 2.31. The summed E-state index contributed by atoms with van der Waals surface area (Å²) in [6.45, 7) is 6.34. The summed E-state index contributed by atoms with van der Waals surface area (Å²) >= 11 is 6.13. The molecule has 1 N–H and O–H groups in total. The number of hydrazone groups is 1. The number of benzene rings is 1. The lowest BCUT2D eigenvalue weighted by molar-refractivity contribution is 0.326. The molecule has 22 heavy (non-hydrogen) atoms. The number of aliphatic imine (C=N–C) groups is 2. The number of hydrogen-bond donors (Lipinski definition) is 1. The quantitative estimate of drug-likeness (QED) is 0.792. The fourth-order valence-electron chi connectivity index (χ4n) is 2.86. The molecule has 0 amide bonds. The van der Waals surface area contributed by atoms with E-state index >= 15 is 0 Å². The van der Waals surface area contributed by atoms with Crippen LogP contribution in [-0.4, -0.2) is 60.1 Å². The van der Waals surface area contributed by atoms with Crippen molar-refractivity contribution in [2.75, 3.05) is 32.7 Å². The van der Waals surface area contributed by atoms with Gasteiger partial charge in [-0.3, -0.25) is 4.99 Å². The van der Waals surface area contributed by atoms with E-state index in [4.69, 9.17) is 21.6 Å². The molecule has 1 fully saturated rings. The molecule has 1 saturated heterocycles. The first-order chi connectivity index (χ1) is 10.7. The van der Waals surface area contributed by atoms with Gasteiger partial charge in [-0.2, -0.15) is 10.1 Å². The van der Waals surface area contributed by atoms with Crippen molar-refractivity contribution < 1.29 is 0 Å². The number of halogens is 1. The Morgan fingerprint density at radius 1 is 1.23 bits per heavy atom. The molecule has 1 aromatic rings. The molecular formula is C15H17ClN6. The maximum Gasteiger partial charge on any atom is 0.229 e. The summed E-state index contributed by atoms with van der Waals surface area (Å²) in [7, 11) is 0. The van der Waals surface area contributed by atoms with Crippen molar-refractivity contribution >= 4 is 34.8 Å². The fourth-order valence-corrected chi connectivity index (χ4v) is 3.02. The van der Waals surface area contributed by atoms with Crippen molar-refractivity contribution in [3.63, 3.8) is 0 Å². The van der Waals surface area contributed by atoms with Gasteiger partial charge in [0.25, 0.3) is 0 Å².